The van der Waals surface area contributed by atoms with E-state index in [4.69, 9.17) is 0 Å². The number of anilines is 1. The van der Waals surface area contributed by atoms with Crippen molar-refractivity contribution < 1.29 is 9.90 Å². The Labute approximate surface area is 114 Å². The Balaban J connectivity index is 2.15. The first kappa shape index (κ1) is 13.9. The van der Waals surface area contributed by atoms with Crippen molar-refractivity contribution in [1.29, 1.82) is 0 Å². The van der Waals surface area contributed by atoms with E-state index in [1.807, 2.05) is 37.1 Å². The molecule has 0 radical (unpaired) electrons. The molecule has 1 atom stereocenters. The van der Waals surface area contributed by atoms with Gasteiger partial charge in [-0.2, -0.15) is 0 Å². The van der Waals surface area contributed by atoms with Crippen molar-refractivity contribution in [2.24, 2.45) is 5.92 Å². The van der Waals surface area contributed by atoms with Crippen LogP contribution < -0.4 is 5.32 Å². The zero-order chi connectivity index (χ0) is 13.8. The zero-order valence-corrected chi connectivity index (χ0v) is 11.6. The molecule has 1 saturated heterocycles. The number of rotatable bonds is 3. The van der Waals surface area contributed by atoms with Crippen LogP contribution in [-0.2, 0) is 0 Å². The van der Waals surface area contributed by atoms with Gasteiger partial charge in [0.05, 0.1) is 0 Å². The number of benzene rings is 1. The number of likely N-dealkylation sites (tertiary alicyclic amines) is 1. The van der Waals surface area contributed by atoms with E-state index < -0.39 is 0 Å². The number of carbonyl (C=O) groups is 1. The summed E-state index contributed by atoms with van der Waals surface area (Å²) in [4.78, 5) is 14.4. The molecule has 0 saturated carbocycles. The second-order valence-electron chi connectivity index (χ2n) is 5.22. The molecule has 1 fully saturated rings. The predicted octanol–water partition coefficient (Wildman–Crippen LogP) is 1.88. The average Bonchev–Trinajstić information content (AvgIpc) is 2.46. The molecular weight excluding hydrogens is 240 g/mol. The lowest BCUT2D eigenvalue weighted by atomic mass is 9.97. The summed E-state index contributed by atoms with van der Waals surface area (Å²) in [5.74, 6) is 0.313. The molecule has 19 heavy (non-hydrogen) atoms. The Morgan fingerprint density at radius 2 is 2.32 bits per heavy atom. The van der Waals surface area contributed by atoms with E-state index in [1.54, 1.807) is 0 Å². The molecule has 1 aliphatic heterocycles. The lowest BCUT2D eigenvalue weighted by molar-refractivity contribution is 0.0620. The van der Waals surface area contributed by atoms with Crippen molar-refractivity contribution in [3.8, 4) is 0 Å². The lowest BCUT2D eigenvalue weighted by Crippen LogP contribution is -2.41. The third kappa shape index (κ3) is 3.07. The van der Waals surface area contributed by atoms with Gasteiger partial charge in [-0.15, -0.1) is 0 Å². The fraction of sp³-hybridized carbons (Fsp3) is 0.533. The summed E-state index contributed by atoms with van der Waals surface area (Å²) in [7, 11) is 1.87. The van der Waals surface area contributed by atoms with E-state index in [2.05, 4.69) is 5.32 Å². The van der Waals surface area contributed by atoms with Crippen LogP contribution in [0.5, 0.6) is 0 Å². The van der Waals surface area contributed by atoms with Crippen LogP contribution in [0.1, 0.15) is 28.8 Å². The minimum absolute atomic E-state index is 0.0818. The van der Waals surface area contributed by atoms with Crippen LogP contribution in [0.3, 0.4) is 0 Å². The van der Waals surface area contributed by atoms with Crippen molar-refractivity contribution in [3.05, 3.63) is 29.3 Å². The highest BCUT2D eigenvalue weighted by molar-refractivity contribution is 5.96. The Morgan fingerprint density at radius 1 is 1.53 bits per heavy atom. The average molecular weight is 262 g/mol. The van der Waals surface area contributed by atoms with Gasteiger partial charge >= 0.3 is 0 Å². The van der Waals surface area contributed by atoms with Crippen LogP contribution >= 0.6 is 0 Å². The van der Waals surface area contributed by atoms with Crippen LogP contribution in [0.25, 0.3) is 0 Å². The highest BCUT2D eigenvalue weighted by Crippen LogP contribution is 2.21. The first-order chi connectivity index (χ1) is 9.15. The highest BCUT2D eigenvalue weighted by atomic mass is 16.3. The van der Waals surface area contributed by atoms with E-state index >= 15 is 0 Å². The van der Waals surface area contributed by atoms with E-state index in [-0.39, 0.29) is 18.4 Å². The summed E-state index contributed by atoms with van der Waals surface area (Å²) in [5, 5.41) is 12.3. The van der Waals surface area contributed by atoms with Crippen LogP contribution in [0, 0.1) is 12.8 Å². The second-order valence-corrected chi connectivity index (χ2v) is 5.22. The summed E-state index contributed by atoms with van der Waals surface area (Å²) in [6.07, 6.45) is 1.99. The number of aryl methyl sites for hydroxylation is 1. The van der Waals surface area contributed by atoms with Crippen molar-refractivity contribution in [1.82, 2.24) is 4.90 Å². The summed E-state index contributed by atoms with van der Waals surface area (Å²) < 4.78 is 0. The van der Waals surface area contributed by atoms with Crippen molar-refractivity contribution in [3.63, 3.8) is 0 Å². The van der Waals surface area contributed by atoms with Crippen molar-refractivity contribution >= 4 is 11.6 Å². The molecule has 1 aromatic carbocycles. The Bertz CT molecular complexity index is 459. The normalized spacial score (nSPS) is 19.3. The number of nitrogens with one attached hydrogen (secondary N) is 1. The number of amides is 1. The van der Waals surface area contributed by atoms with E-state index in [0.717, 1.165) is 36.2 Å². The monoisotopic (exact) mass is 262 g/mol. The van der Waals surface area contributed by atoms with Gasteiger partial charge in [-0.1, -0.05) is 0 Å². The Kier molecular flexibility index (Phi) is 4.43. The molecule has 1 aliphatic rings. The third-order valence-corrected chi connectivity index (χ3v) is 3.81. The van der Waals surface area contributed by atoms with Gasteiger partial charge < -0.3 is 15.3 Å². The molecule has 0 aromatic heterocycles. The number of hydrogen-bond donors (Lipinski definition) is 2. The number of aliphatic hydroxyl groups is 1. The lowest BCUT2D eigenvalue weighted by Gasteiger charge is -2.32. The molecule has 1 amide bonds. The molecule has 2 rings (SSSR count). The first-order valence-electron chi connectivity index (χ1n) is 6.84. The van der Waals surface area contributed by atoms with Gasteiger partial charge in [-0.05, 0) is 49.4 Å². The first-order valence-corrected chi connectivity index (χ1v) is 6.84. The van der Waals surface area contributed by atoms with Gasteiger partial charge in [0.15, 0.2) is 0 Å². The van der Waals surface area contributed by atoms with Crippen LogP contribution in [0.15, 0.2) is 18.2 Å². The van der Waals surface area contributed by atoms with Gasteiger partial charge in [0, 0.05) is 38.0 Å². The van der Waals surface area contributed by atoms with Crippen LogP contribution in [-0.4, -0.2) is 42.7 Å². The fourth-order valence-electron chi connectivity index (χ4n) is 2.63. The van der Waals surface area contributed by atoms with Gasteiger partial charge in [0.2, 0.25) is 0 Å². The standard InChI is InChI=1S/C15H22N2O2/c1-11-8-13(16-2)5-6-14(11)15(19)17-7-3-4-12(9-17)10-18/h5-6,8,12,16,18H,3-4,7,9-10H2,1-2H3. The molecule has 1 unspecified atom stereocenters. The van der Waals surface area contributed by atoms with Crippen molar-refractivity contribution in [2.45, 2.75) is 19.8 Å². The SMILES string of the molecule is CNc1ccc(C(=O)N2CCCC(CO)C2)c(C)c1. The molecule has 4 nitrogen and oxygen atoms in total. The van der Waals surface area contributed by atoms with Gasteiger partial charge in [0.25, 0.3) is 5.91 Å². The summed E-state index contributed by atoms with van der Waals surface area (Å²) in [6, 6.07) is 5.79. The molecule has 0 spiro atoms. The van der Waals surface area contributed by atoms with E-state index in [9.17, 15) is 9.90 Å². The molecule has 1 aromatic rings. The summed E-state index contributed by atoms with van der Waals surface area (Å²) in [6.45, 7) is 3.59. The molecular formula is C15H22N2O2. The fourth-order valence-corrected chi connectivity index (χ4v) is 2.63. The molecule has 1 heterocycles. The number of aliphatic hydroxyl groups excluding tert-OH is 1. The number of carbonyl (C=O) groups excluding carboxylic acids is 1. The highest BCUT2D eigenvalue weighted by Gasteiger charge is 2.24. The minimum Gasteiger partial charge on any atom is -0.396 e. The van der Waals surface area contributed by atoms with Crippen LogP contribution in [0.4, 0.5) is 5.69 Å². The van der Waals surface area contributed by atoms with Gasteiger partial charge in [-0.25, -0.2) is 0 Å². The maximum atomic E-state index is 12.5. The van der Waals surface area contributed by atoms with Crippen molar-refractivity contribution in [2.75, 3.05) is 32.1 Å². The largest absolute Gasteiger partial charge is 0.396 e. The third-order valence-electron chi connectivity index (χ3n) is 3.81. The van der Waals surface area contributed by atoms with E-state index in [1.165, 1.54) is 0 Å². The number of hydrogen-bond acceptors (Lipinski definition) is 3. The Morgan fingerprint density at radius 3 is 2.95 bits per heavy atom. The maximum Gasteiger partial charge on any atom is 0.254 e. The van der Waals surface area contributed by atoms with Gasteiger partial charge in [0.1, 0.15) is 0 Å². The Hall–Kier alpha value is -1.55. The summed E-state index contributed by atoms with van der Waals surface area (Å²) in [5.41, 5.74) is 2.77. The minimum atomic E-state index is 0.0818. The number of piperidine rings is 1. The quantitative estimate of drug-likeness (QED) is 0.874. The molecule has 4 heteroatoms. The smallest absolute Gasteiger partial charge is 0.254 e. The molecule has 0 bridgehead atoms. The van der Waals surface area contributed by atoms with E-state index in [0.29, 0.717) is 6.54 Å². The predicted molar refractivity (Wildman–Crippen MR) is 76.4 cm³/mol. The van der Waals surface area contributed by atoms with Gasteiger partial charge in [-0.3, -0.25) is 4.79 Å². The topological polar surface area (TPSA) is 52.6 Å². The molecule has 104 valence electrons. The number of nitrogens with zero attached hydrogens (tertiary/aromatic N) is 1. The maximum absolute atomic E-state index is 12.5. The molecule has 2 N–H and O–H groups in total. The summed E-state index contributed by atoms with van der Waals surface area (Å²) >= 11 is 0. The molecule has 0 aliphatic carbocycles. The second kappa shape index (κ2) is 6.06. The zero-order valence-electron chi connectivity index (χ0n) is 11.6. The van der Waals surface area contributed by atoms with Crippen LogP contribution in [0.2, 0.25) is 0 Å².